The Morgan fingerprint density at radius 3 is 1.31 bits per heavy atom. The molecule has 0 aliphatic carbocycles. The summed E-state index contributed by atoms with van der Waals surface area (Å²) in [5.74, 6) is -2.51. The molecular weight excluding hydrogens is 1160 g/mol. The van der Waals surface area contributed by atoms with E-state index in [0.717, 1.165) is 20.8 Å². The zero-order valence-corrected chi connectivity index (χ0v) is 46.3. The Morgan fingerprint density at radius 1 is 0.329 bits per heavy atom. The molecule has 0 aromatic heterocycles. The first-order valence-corrected chi connectivity index (χ1v) is 27.3. The molecule has 1 unspecified atom stereocenters. The van der Waals surface area contributed by atoms with Crippen molar-refractivity contribution in [3.8, 4) is 0 Å². The van der Waals surface area contributed by atoms with E-state index >= 15 is 0 Å². The number of aliphatic hydroxyl groups is 18. The van der Waals surface area contributed by atoms with Crippen LogP contribution in [0.15, 0.2) is 0 Å². The number of ether oxygens (including phenoxy) is 13. The third kappa shape index (κ3) is 15.3. The lowest BCUT2D eigenvalue weighted by Gasteiger charge is -2.52. The zero-order valence-electron chi connectivity index (χ0n) is 46.3. The zero-order chi connectivity index (χ0) is 62.8. The van der Waals surface area contributed by atoms with Gasteiger partial charge >= 0.3 is 0 Å². The molecule has 7 fully saturated rings. The highest BCUT2D eigenvalue weighted by molar-refractivity contribution is 5.74. The van der Waals surface area contributed by atoms with Crippen LogP contribution >= 0.6 is 0 Å². The summed E-state index contributed by atoms with van der Waals surface area (Å²) in [5.41, 5.74) is 0. The van der Waals surface area contributed by atoms with Gasteiger partial charge in [0.05, 0.1) is 45.2 Å². The molecule has 3 amide bonds. The first-order valence-electron chi connectivity index (χ1n) is 27.3. The molecule has 7 aliphatic rings. The summed E-state index contributed by atoms with van der Waals surface area (Å²) in [4.78, 5) is 37.9. The van der Waals surface area contributed by atoms with Gasteiger partial charge in [0.15, 0.2) is 44.0 Å². The standard InChI is InChI=1S/C48H81N3O34/c1-11-24(59)31(66)34(69)45(74-11)73-10-20-37(30(65)21(42(72)76-20)49-13(3)56)81-44-23(51-15(5)58)39(83-46-35(70)32(67)25(60)12(2)75-46)38(19(9-55)80-44)82-47-36(71)40(28(63)18(8-54)78-47)84-48-41(33(68)27(62)17(7-53)79-48)85-43-22(50-14(4)57)29(64)26(61)16(6-52)77-43/h11-12,16-48,52-55,59-72H,6-10H2,1-5H3,(H,49,56)(H,50,57)(H,51,58)/t11-,12-,16+,17+,18+,19+,20+,21+,22+,23+,24+,25+,26+,27+,28+,29+,30+,31+,32+,33-,34-,35-,36-,37+,38+,39+,40-,41-,42?,43-,44-,45+,46-,47-,48+/m0/s1. The number of rotatable bonds is 20. The van der Waals surface area contributed by atoms with Crippen LogP contribution in [0.5, 0.6) is 0 Å². The second-order valence-electron chi connectivity index (χ2n) is 21.8. The van der Waals surface area contributed by atoms with Crippen LogP contribution in [0, 0.1) is 0 Å². The summed E-state index contributed by atoms with van der Waals surface area (Å²) in [5, 5.41) is 204. The quantitative estimate of drug-likeness (QED) is 0.0538. The normalized spacial score (nSPS) is 49.8. The molecule has 0 aromatic carbocycles. The molecule has 85 heavy (non-hydrogen) atoms. The van der Waals surface area contributed by atoms with Crippen LogP contribution in [0.3, 0.4) is 0 Å². The van der Waals surface area contributed by atoms with Gasteiger partial charge in [-0.15, -0.1) is 0 Å². The summed E-state index contributed by atoms with van der Waals surface area (Å²) in [6.45, 7) is 0.665. The molecule has 21 N–H and O–H groups in total. The second-order valence-corrected chi connectivity index (χ2v) is 21.8. The fraction of sp³-hybridized carbons (Fsp3) is 0.938. The van der Waals surface area contributed by atoms with Crippen molar-refractivity contribution in [1.82, 2.24) is 16.0 Å². The molecule has 0 bridgehead atoms. The van der Waals surface area contributed by atoms with Crippen LogP contribution in [0.2, 0.25) is 0 Å². The summed E-state index contributed by atoms with van der Waals surface area (Å²) in [6.07, 6.45) is -60.8. The molecule has 0 radical (unpaired) electrons. The summed E-state index contributed by atoms with van der Waals surface area (Å²) in [6, 6.07) is -5.26. The molecule has 0 spiro atoms. The molecule has 37 heteroatoms. The van der Waals surface area contributed by atoms with Gasteiger partial charge in [0, 0.05) is 20.8 Å². The summed E-state index contributed by atoms with van der Waals surface area (Å²) >= 11 is 0. The molecule has 0 aromatic rings. The number of carbonyl (C=O) groups excluding carboxylic acids is 3. The summed E-state index contributed by atoms with van der Waals surface area (Å²) in [7, 11) is 0. The third-order valence-electron chi connectivity index (χ3n) is 15.7. The lowest BCUT2D eigenvalue weighted by atomic mass is 9.93. The van der Waals surface area contributed by atoms with Crippen molar-refractivity contribution in [2.45, 2.75) is 249 Å². The van der Waals surface area contributed by atoms with E-state index in [1.165, 1.54) is 13.8 Å². The van der Waals surface area contributed by atoms with E-state index in [2.05, 4.69) is 16.0 Å². The van der Waals surface area contributed by atoms with E-state index in [9.17, 15) is 106 Å². The first kappa shape index (κ1) is 69.6. The van der Waals surface area contributed by atoms with Gasteiger partial charge in [0.2, 0.25) is 17.7 Å². The highest BCUT2D eigenvalue weighted by Crippen LogP contribution is 2.38. The molecule has 37 nitrogen and oxygen atoms in total. The van der Waals surface area contributed by atoms with Gasteiger partial charge in [-0.3, -0.25) is 14.4 Å². The van der Waals surface area contributed by atoms with Crippen molar-refractivity contribution in [3.05, 3.63) is 0 Å². The maximum atomic E-state index is 13.3. The average Bonchev–Trinajstić information content (AvgIpc) is 1.76. The monoisotopic (exact) mass is 1240 g/mol. The predicted molar refractivity (Wildman–Crippen MR) is 264 cm³/mol. The van der Waals surface area contributed by atoms with Crippen LogP contribution in [0.1, 0.15) is 34.6 Å². The van der Waals surface area contributed by atoms with Crippen molar-refractivity contribution < 1.29 is 168 Å². The largest absolute Gasteiger partial charge is 0.394 e. The smallest absolute Gasteiger partial charge is 0.217 e. The average molecular weight is 1240 g/mol. The number of hydrogen-bond acceptors (Lipinski definition) is 34. The maximum absolute atomic E-state index is 13.3. The number of amides is 3. The highest BCUT2D eigenvalue weighted by Gasteiger charge is 2.59. The molecule has 7 rings (SSSR count). The Bertz CT molecular complexity index is 2150. The first-order chi connectivity index (χ1) is 40.1. The van der Waals surface area contributed by atoms with Crippen molar-refractivity contribution in [2.75, 3.05) is 33.0 Å². The van der Waals surface area contributed by atoms with E-state index in [4.69, 9.17) is 61.6 Å². The Labute approximate surface area is 483 Å². The number of hydrogen-bond donors (Lipinski definition) is 21. The van der Waals surface area contributed by atoms with Crippen LogP contribution < -0.4 is 16.0 Å². The minimum atomic E-state index is -2.36. The van der Waals surface area contributed by atoms with Gasteiger partial charge in [-0.2, -0.15) is 0 Å². The van der Waals surface area contributed by atoms with Crippen LogP contribution in [-0.2, 0) is 76.0 Å². The second kappa shape index (κ2) is 29.9. The number of carbonyl (C=O) groups is 3. The van der Waals surface area contributed by atoms with E-state index in [0.29, 0.717) is 0 Å². The topological polar surface area (TPSA) is 571 Å². The summed E-state index contributed by atoms with van der Waals surface area (Å²) < 4.78 is 77.1. The van der Waals surface area contributed by atoms with Crippen LogP contribution in [0.4, 0.5) is 0 Å². The Kier molecular flexibility index (Phi) is 24.5. The van der Waals surface area contributed by atoms with E-state index < -0.39 is 266 Å². The molecule has 0 saturated carbocycles. The SMILES string of the molecule is CC(=O)N[C@H]1[C@H](O[C@@H]2[C@@H](O[C@@H]3[C@H](O)[C@H](O[C@H]4[C@H](O[C@@H]5O[C@@H](C)[C@@H](O)[C@@H](O)[C@@H]5O)[C@@H](NC(C)=O)[C@H](O[C@H]5[C@H](O)[C@@H](NC(C)=O)C(O)O[C@@H]5CO[C@@H]5O[C@@H](C)[C@@H](O)[C@@H](O)[C@@H]5O)O[C@@H]4CO)O[C@H](CO)[C@H]3O)O[C@H](CO)[C@@H](O)[C@@H]2O)O[C@H](CO)[C@@H](O)[C@@H]1O. The minimum Gasteiger partial charge on any atom is -0.394 e. The Hall–Kier alpha value is -2.83. The minimum absolute atomic E-state index is 0.794. The molecule has 492 valence electrons. The fourth-order valence-electron chi connectivity index (χ4n) is 11.0. The number of nitrogens with one attached hydrogen (secondary N) is 3. The van der Waals surface area contributed by atoms with Crippen molar-refractivity contribution in [3.63, 3.8) is 0 Å². The Morgan fingerprint density at radius 2 is 0.741 bits per heavy atom. The van der Waals surface area contributed by atoms with E-state index in [1.807, 2.05) is 0 Å². The van der Waals surface area contributed by atoms with Crippen molar-refractivity contribution in [2.24, 2.45) is 0 Å². The van der Waals surface area contributed by atoms with Gasteiger partial charge in [0.25, 0.3) is 0 Å². The van der Waals surface area contributed by atoms with Gasteiger partial charge in [-0.1, -0.05) is 0 Å². The lowest BCUT2D eigenvalue weighted by molar-refractivity contribution is -0.398. The van der Waals surface area contributed by atoms with Gasteiger partial charge < -0.3 is 169 Å². The highest BCUT2D eigenvalue weighted by atomic mass is 16.8. The molecular formula is C48H81N3O34. The van der Waals surface area contributed by atoms with E-state index in [-0.39, 0.29) is 0 Å². The van der Waals surface area contributed by atoms with Gasteiger partial charge in [-0.05, 0) is 13.8 Å². The van der Waals surface area contributed by atoms with E-state index in [1.54, 1.807) is 0 Å². The van der Waals surface area contributed by atoms with Gasteiger partial charge in [0.1, 0.15) is 159 Å². The van der Waals surface area contributed by atoms with Crippen LogP contribution in [-0.4, -0.2) is 357 Å². The van der Waals surface area contributed by atoms with Gasteiger partial charge in [-0.25, -0.2) is 0 Å². The van der Waals surface area contributed by atoms with Crippen molar-refractivity contribution in [1.29, 1.82) is 0 Å². The molecule has 35 atom stereocenters. The fourth-order valence-corrected chi connectivity index (χ4v) is 11.0. The molecule has 7 heterocycles. The molecule has 7 saturated heterocycles. The van der Waals surface area contributed by atoms with Crippen molar-refractivity contribution >= 4 is 17.7 Å². The Balaban J connectivity index is 1.23. The maximum Gasteiger partial charge on any atom is 0.217 e. The third-order valence-corrected chi connectivity index (χ3v) is 15.7. The lowest BCUT2D eigenvalue weighted by Crippen LogP contribution is -2.72. The number of aliphatic hydroxyl groups excluding tert-OH is 18. The predicted octanol–water partition coefficient (Wildman–Crippen LogP) is -13.8. The van der Waals surface area contributed by atoms with Crippen LogP contribution in [0.25, 0.3) is 0 Å². The molecule has 7 aliphatic heterocycles.